The molecule has 0 aliphatic heterocycles. The van der Waals surface area contributed by atoms with E-state index in [1.165, 1.54) is 16.8 Å². The van der Waals surface area contributed by atoms with Crippen molar-refractivity contribution in [2.45, 2.75) is 0 Å². The maximum Gasteiger partial charge on any atom is 0.269 e. The molecule has 7 nitrogen and oxygen atoms in total. The largest absolute Gasteiger partial charge is 0.269 e. The third kappa shape index (κ3) is 2.29. The molecule has 1 heterocycles. The molecule has 0 bridgehead atoms. The number of hydrogen-bond acceptors (Lipinski definition) is 5. The number of nitriles is 1. The fourth-order valence-corrected chi connectivity index (χ4v) is 2.11. The molecule has 1 aromatic heterocycles. The fraction of sp³-hybridized carbons (Fsp3) is 0. The first-order valence-corrected chi connectivity index (χ1v) is 6.37. The first-order chi connectivity index (χ1) is 10.7. The Hall–Kier alpha value is -3.53. The van der Waals surface area contributed by atoms with Gasteiger partial charge in [-0.15, -0.1) is 5.10 Å². The van der Waals surface area contributed by atoms with Crippen molar-refractivity contribution in [3.8, 4) is 23.0 Å². The Kier molecular flexibility index (Phi) is 3.34. The molecule has 0 saturated carbocycles. The summed E-state index contributed by atoms with van der Waals surface area (Å²) in [5.41, 5.74) is 2.13. The second-order valence-electron chi connectivity index (χ2n) is 4.45. The molecule has 0 N–H and O–H groups in total. The van der Waals surface area contributed by atoms with Crippen molar-refractivity contribution >= 4 is 5.69 Å². The monoisotopic (exact) mass is 291 g/mol. The van der Waals surface area contributed by atoms with Gasteiger partial charge in [0.2, 0.25) is 0 Å². The van der Waals surface area contributed by atoms with E-state index in [2.05, 4.69) is 10.3 Å². The van der Waals surface area contributed by atoms with E-state index in [-0.39, 0.29) is 11.4 Å². The van der Waals surface area contributed by atoms with Gasteiger partial charge in [-0.1, -0.05) is 35.5 Å². The molecule has 0 spiro atoms. The summed E-state index contributed by atoms with van der Waals surface area (Å²) in [4.78, 5) is 10.2. The Labute approximate surface area is 125 Å². The Bertz CT molecular complexity index is 863. The number of nitro groups is 1. The number of benzene rings is 2. The van der Waals surface area contributed by atoms with Crippen LogP contribution in [0.1, 0.15) is 5.69 Å². The van der Waals surface area contributed by atoms with Crippen molar-refractivity contribution in [3.63, 3.8) is 0 Å². The summed E-state index contributed by atoms with van der Waals surface area (Å²) in [6, 6.07) is 17.2. The van der Waals surface area contributed by atoms with Crippen LogP contribution in [0.5, 0.6) is 0 Å². The minimum Gasteiger partial charge on any atom is -0.258 e. The van der Waals surface area contributed by atoms with Crippen LogP contribution in [0.4, 0.5) is 5.69 Å². The molecule has 7 heteroatoms. The Morgan fingerprint density at radius 2 is 1.77 bits per heavy atom. The number of hydrogen-bond donors (Lipinski definition) is 0. The van der Waals surface area contributed by atoms with Crippen LogP contribution in [0, 0.1) is 21.4 Å². The zero-order valence-electron chi connectivity index (χ0n) is 11.2. The lowest BCUT2D eigenvalue weighted by atomic mass is 10.1. The SMILES string of the molecule is N#Cc1nnn(-c2ccc([N+](=O)[O-])cc2)c1-c1ccccc1. The van der Waals surface area contributed by atoms with Crippen molar-refractivity contribution in [2.24, 2.45) is 0 Å². The lowest BCUT2D eigenvalue weighted by Crippen LogP contribution is -2.00. The quantitative estimate of drug-likeness (QED) is 0.546. The second kappa shape index (κ2) is 5.46. The minimum atomic E-state index is -0.468. The number of nitrogens with zero attached hydrogens (tertiary/aromatic N) is 5. The van der Waals surface area contributed by atoms with Crippen molar-refractivity contribution in [1.82, 2.24) is 15.0 Å². The molecule has 0 aliphatic carbocycles. The highest BCUT2D eigenvalue weighted by Crippen LogP contribution is 2.25. The van der Waals surface area contributed by atoms with Gasteiger partial charge in [-0.05, 0) is 12.1 Å². The number of rotatable bonds is 3. The maximum absolute atomic E-state index is 10.7. The van der Waals surface area contributed by atoms with Crippen molar-refractivity contribution in [1.29, 1.82) is 5.26 Å². The predicted octanol–water partition coefficient (Wildman–Crippen LogP) is 2.71. The van der Waals surface area contributed by atoms with Gasteiger partial charge in [-0.2, -0.15) is 5.26 Å². The van der Waals surface area contributed by atoms with Crippen LogP contribution < -0.4 is 0 Å². The average molecular weight is 291 g/mol. The van der Waals surface area contributed by atoms with E-state index in [1.54, 1.807) is 12.1 Å². The highest BCUT2D eigenvalue weighted by molar-refractivity contribution is 5.67. The van der Waals surface area contributed by atoms with Gasteiger partial charge >= 0.3 is 0 Å². The molecule has 0 atom stereocenters. The second-order valence-corrected chi connectivity index (χ2v) is 4.45. The van der Waals surface area contributed by atoms with Crippen LogP contribution in [0.2, 0.25) is 0 Å². The minimum absolute atomic E-state index is 0.00867. The van der Waals surface area contributed by atoms with Crippen LogP contribution >= 0.6 is 0 Å². The third-order valence-corrected chi connectivity index (χ3v) is 3.13. The summed E-state index contributed by atoms with van der Waals surface area (Å²) >= 11 is 0. The number of aromatic nitrogens is 3. The Morgan fingerprint density at radius 1 is 1.09 bits per heavy atom. The van der Waals surface area contributed by atoms with Crippen LogP contribution in [0.25, 0.3) is 16.9 Å². The summed E-state index contributed by atoms with van der Waals surface area (Å²) in [6.07, 6.45) is 0. The molecule has 0 aliphatic rings. The highest BCUT2D eigenvalue weighted by Gasteiger charge is 2.16. The van der Waals surface area contributed by atoms with Crippen LogP contribution in [-0.2, 0) is 0 Å². The molecule has 2 aromatic carbocycles. The van der Waals surface area contributed by atoms with Gasteiger partial charge in [0.15, 0.2) is 5.69 Å². The molecular weight excluding hydrogens is 282 g/mol. The standard InChI is InChI=1S/C15H9N5O2/c16-10-14-15(11-4-2-1-3-5-11)19(18-17-14)12-6-8-13(9-7-12)20(21)22/h1-9H. The molecule has 0 radical (unpaired) electrons. The zero-order valence-corrected chi connectivity index (χ0v) is 11.2. The Balaban J connectivity index is 2.14. The van der Waals surface area contributed by atoms with Gasteiger partial charge in [-0.3, -0.25) is 10.1 Å². The van der Waals surface area contributed by atoms with Gasteiger partial charge in [0.05, 0.1) is 10.6 Å². The van der Waals surface area contributed by atoms with Gasteiger partial charge in [0.25, 0.3) is 5.69 Å². The van der Waals surface area contributed by atoms with E-state index in [1.807, 2.05) is 36.4 Å². The fourth-order valence-electron chi connectivity index (χ4n) is 2.11. The molecule has 0 unspecified atom stereocenters. The van der Waals surface area contributed by atoms with Crippen LogP contribution in [0.15, 0.2) is 54.6 Å². The van der Waals surface area contributed by atoms with Crippen molar-refractivity contribution in [3.05, 3.63) is 70.4 Å². The molecule has 0 saturated heterocycles. The molecule has 106 valence electrons. The zero-order chi connectivity index (χ0) is 15.5. The molecule has 3 aromatic rings. The van der Waals surface area contributed by atoms with E-state index in [9.17, 15) is 15.4 Å². The first-order valence-electron chi connectivity index (χ1n) is 6.37. The van der Waals surface area contributed by atoms with Gasteiger partial charge in [0, 0.05) is 17.7 Å². The smallest absolute Gasteiger partial charge is 0.258 e. The first kappa shape index (κ1) is 13.5. The molecule has 0 fully saturated rings. The number of nitro benzene ring substituents is 1. The van der Waals surface area contributed by atoms with Gasteiger partial charge in [0.1, 0.15) is 11.8 Å². The number of non-ortho nitro benzene ring substituents is 1. The molecule has 22 heavy (non-hydrogen) atoms. The lowest BCUT2D eigenvalue weighted by Gasteiger charge is -2.06. The Morgan fingerprint density at radius 3 is 2.36 bits per heavy atom. The van der Waals surface area contributed by atoms with E-state index in [0.29, 0.717) is 11.4 Å². The molecular formula is C15H9N5O2. The molecule has 3 rings (SSSR count). The summed E-state index contributed by atoms with van der Waals surface area (Å²) in [5.74, 6) is 0. The average Bonchev–Trinajstić information content (AvgIpc) is 2.99. The third-order valence-electron chi connectivity index (χ3n) is 3.13. The topological polar surface area (TPSA) is 97.6 Å². The maximum atomic E-state index is 10.7. The van der Waals surface area contributed by atoms with Gasteiger partial charge in [-0.25, -0.2) is 4.68 Å². The van der Waals surface area contributed by atoms with Crippen LogP contribution in [-0.4, -0.2) is 19.9 Å². The summed E-state index contributed by atoms with van der Waals surface area (Å²) in [7, 11) is 0. The summed E-state index contributed by atoms with van der Waals surface area (Å²) < 4.78 is 1.50. The van der Waals surface area contributed by atoms with Gasteiger partial charge < -0.3 is 0 Å². The van der Waals surface area contributed by atoms with E-state index in [4.69, 9.17) is 0 Å². The van der Waals surface area contributed by atoms with E-state index < -0.39 is 4.92 Å². The van der Waals surface area contributed by atoms with E-state index >= 15 is 0 Å². The highest BCUT2D eigenvalue weighted by atomic mass is 16.6. The van der Waals surface area contributed by atoms with Crippen molar-refractivity contribution < 1.29 is 4.92 Å². The predicted molar refractivity (Wildman–Crippen MR) is 78.2 cm³/mol. The summed E-state index contributed by atoms with van der Waals surface area (Å²) in [5, 5.41) is 27.8. The lowest BCUT2D eigenvalue weighted by molar-refractivity contribution is -0.384. The van der Waals surface area contributed by atoms with Crippen molar-refractivity contribution in [2.75, 3.05) is 0 Å². The summed E-state index contributed by atoms with van der Waals surface area (Å²) in [6.45, 7) is 0. The molecule has 0 amide bonds. The van der Waals surface area contributed by atoms with E-state index in [0.717, 1.165) is 5.56 Å². The van der Waals surface area contributed by atoms with Crippen LogP contribution in [0.3, 0.4) is 0 Å². The normalized spacial score (nSPS) is 10.1.